The maximum atomic E-state index is 4.96. The van der Waals surface area contributed by atoms with E-state index in [1.54, 1.807) is 0 Å². The van der Waals surface area contributed by atoms with Gasteiger partial charge in [0.05, 0.1) is 13.1 Å². The van der Waals surface area contributed by atoms with Gasteiger partial charge >= 0.3 is 0 Å². The summed E-state index contributed by atoms with van der Waals surface area (Å²) in [4.78, 5) is 9.57. The van der Waals surface area contributed by atoms with Crippen molar-refractivity contribution >= 4 is 21.9 Å². The Morgan fingerprint density at radius 3 is 2.93 bits per heavy atom. The molecule has 4 rings (SSSR count). The summed E-state index contributed by atoms with van der Waals surface area (Å²) in [5.41, 5.74) is 1.59. The molecule has 2 heterocycles. The van der Waals surface area contributed by atoms with Crippen molar-refractivity contribution in [2.45, 2.75) is 64.0 Å². The van der Waals surface area contributed by atoms with Gasteiger partial charge in [-0.05, 0) is 43.9 Å². The number of fused-ring (bicyclic) bond motifs is 1. The van der Waals surface area contributed by atoms with Gasteiger partial charge in [0, 0.05) is 35.3 Å². The summed E-state index contributed by atoms with van der Waals surface area (Å²) >= 11 is 3.60. The monoisotopic (exact) mass is 444 g/mol. The van der Waals surface area contributed by atoms with Gasteiger partial charge in [0.15, 0.2) is 11.8 Å². The van der Waals surface area contributed by atoms with E-state index >= 15 is 0 Å². The van der Waals surface area contributed by atoms with Gasteiger partial charge in [0.2, 0.25) is 0 Å². The van der Waals surface area contributed by atoms with Crippen LogP contribution in [0.2, 0.25) is 0 Å². The van der Waals surface area contributed by atoms with Crippen LogP contribution < -0.4 is 10.6 Å². The molecule has 0 spiro atoms. The molecule has 1 unspecified atom stereocenters. The summed E-state index contributed by atoms with van der Waals surface area (Å²) in [6, 6.07) is 9.00. The lowest BCUT2D eigenvalue weighted by molar-refractivity contribution is 0.392. The van der Waals surface area contributed by atoms with Crippen LogP contribution in [-0.4, -0.2) is 39.9 Å². The van der Waals surface area contributed by atoms with Crippen molar-refractivity contribution in [2.24, 2.45) is 4.99 Å². The number of rotatable bonds is 6. The van der Waals surface area contributed by atoms with Crippen LogP contribution in [-0.2, 0) is 24.8 Å². The van der Waals surface area contributed by atoms with Crippen LogP contribution in [0, 0.1) is 0 Å². The van der Waals surface area contributed by atoms with E-state index in [9.17, 15) is 0 Å². The molecule has 1 aliphatic carbocycles. The Kier molecular flexibility index (Phi) is 5.71. The van der Waals surface area contributed by atoms with Crippen LogP contribution in [0.15, 0.2) is 33.7 Å². The minimum Gasteiger partial charge on any atom is -0.357 e. The first-order valence-corrected chi connectivity index (χ1v) is 11.1. The maximum Gasteiger partial charge on any atom is 0.191 e. The van der Waals surface area contributed by atoms with Crippen molar-refractivity contribution < 1.29 is 0 Å². The predicted molar refractivity (Wildman–Crippen MR) is 116 cm³/mol. The standard InChI is InChI=1S/C21H29BrN6/c1-3-18-26-19-9-8-17(13-28(19)27-18)25-20(23-4-2)24-14-21(10-11-21)15-6-5-7-16(22)12-15/h5-7,12,17H,3-4,8-11,13-14H2,1-2H3,(H2,23,24,25). The van der Waals surface area contributed by atoms with E-state index in [1.807, 2.05) is 0 Å². The van der Waals surface area contributed by atoms with Crippen molar-refractivity contribution in [3.8, 4) is 0 Å². The minimum absolute atomic E-state index is 0.202. The fraction of sp³-hybridized carbons (Fsp3) is 0.571. The summed E-state index contributed by atoms with van der Waals surface area (Å²) in [5.74, 6) is 2.97. The molecule has 0 amide bonds. The molecular weight excluding hydrogens is 416 g/mol. The zero-order valence-electron chi connectivity index (χ0n) is 16.7. The normalized spacial score (nSPS) is 20.5. The second-order valence-electron chi connectivity index (χ2n) is 7.85. The van der Waals surface area contributed by atoms with E-state index in [-0.39, 0.29) is 5.41 Å². The van der Waals surface area contributed by atoms with Crippen molar-refractivity contribution in [3.63, 3.8) is 0 Å². The highest BCUT2D eigenvalue weighted by Gasteiger charge is 2.44. The number of benzene rings is 1. The fourth-order valence-electron chi connectivity index (χ4n) is 3.88. The number of nitrogens with one attached hydrogen (secondary N) is 2. The van der Waals surface area contributed by atoms with Gasteiger partial charge in [0.1, 0.15) is 5.82 Å². The molecule has 1 aliphatic heterocycles. The second-order valence-corrected chi connectivity index (χ2v) is 8.76. The SMILES string of the molecule is CCNC(=NCC1(c2cccc(Br)c2)CC1)NC1CCc2nc(CC)nn2C1. The quantitative estimate of drug-likeness (QED) is 0.530. The van der Waals surface area contributed by atoms with E-state index in [0.717, 1.165) is 61.0 Å². The number of aryl methyl sites for hydroxylation is 2. The Balaban J connectivity index is 1.43. The Morgan fingerprint density at radius 2 is 2.21 bits per heavy atom. The molecular formula is C21H29BrN6. The van der Waals surface area contributed by atoms with E-state index in [4.69, 9.17) is 4.99 Å². The van der Waals surface area contributed by atoms with Crippen LogP contribution in [0.25, 0.3) is 0 Å². The van der Waals surface area contributed by atoms with Crippen molar-refractivity contribution in [1.29, 1.82) is 0 Å². The number of hydrogen-bond donors (Lipinski definition) is 2. The van der Waals surface area contributed by atoms with E-state index in [2.05, 4.69) is 79.4 Å². The average molecular weight is 445 g/mol. The zero-order valence-corrected chi connectivity index (χ0v) is 18.3. The molecule has 150 valence electrons. The highest BCUT2D eigenvalue weighted by molar-refractivity contribution is 9.10. The van der Waals surface area contributed by atoms with E-state index < -0.39 is 0 Å². The number of nitrogens with zero attached hydrogens (tertiary/aromatic N) is 4. The van der Waals surface area contributed by atoms with Crippen molar-refractivity contribution in [1.82, 2.24) is 25.4 Å². The first-order valence-electron chi connectivity index (χ1n) is 10.4. The van der Waals surface area contributed by atoms with Crippen LogP contribution in [0.1, 0.15) is 50.3 Å². The molecule has 28 heavy (non-hydrogen) atoms. The molecule has 1 aromatic heterocycles. The third-order valence-electron chi connectivity index (χ3n) is 5.73. The zero-order chi connectivity index (χ0) is 19.6. The Hall–Kier alpha value is -1.89. The van der Waals surface area contributed by atoms with E-state index in [1.165, 1.54) is 18.4 Å². The molecule has 1 aromatic carbocycles. The third-order valence-corrected chi connectivity index (χ3v) is 6.23. The fourth-order valence-corrected chi connectivity index (χ4v) is 4.28. The summed E-state index contributed by atoms with van der Waals surface area (Å²) in [5, 5.41) is 11.7. The molecule has 2 aromatic rings. The summed E-state index contributed by atoms with van der Waals surface area (Å²) in [7, 11) is 0. The Labute approximate surface area is 175 Å². The number of aliphatic imine (C=N–C) groups is 1. The van der Waals surface area contributed by atoms with Crippen LogP contribution >= 0.6 is 15.9 Å². The molecule has 0 saturated heterocycles. The van der Waals surface area contributed by atoms with Crippen LogP contribution in [0.3, 0.4) is 0 Å². The Bertz CT molecular complexity index is 854. The van der Waals surface area contributed by atoms with Crippen LogP contribution in [0.5, 0.6) is 0 Å². The molecule has 1 atom stereocenters. The first kappa shape index (κ1) is 19.4. The van der Waals surface area contributed by atoms with E-state index in [0.29, 0.717) is 6.04 Å². The average Bonchev–Trinajstić information content (AvgIpc) is 3.38. The lowest BCUT2D eigenvalue weighted by Gasteiger charge is -2.25. The molecule has 7 heteroatoms. The molecule has 0 bridgehead atoms. The topological polar surface area (TPSA) is 67.1 Å². The van der Waals surface area contributed by atoms with Crippen molar-refractivity contribution in [3.05, 3.63) is 46.0 Å². The molecule has 6 nitrogen and oxygen atoms in total. The van der Waals surface area contributed by atoms with Crippen molar-refractivity contribution in [2.75, 3.05) is 13.1 Å². The highest BCUT2D eigenvalue weighted by atomic mass is 79.9. The predicted octanol–water partition coefficient (Wildman–Crippen LogP) is 3.20. The molecule has 1 fully saturated rings. The summed E-state index contributed by atoms with van der Waals surface area (Å²) < 4.78 is 3.20. The molecule has 0 radical (unpaired) electrons. The number of guanidine groups is 1. The van der Waals surface area contributed by atoms with Gasteiger partial charge in [-0.25, -0.2) is 9.67 Å². The first-order chi connectivity index (χ1) is 13.6. The van der Waals surface area contributed by atoms with Gasteiger partial charge in [-0.15, -0.1) is 0 Å². The Morgan fingerprint density at radius 1 is 1.36 bits per heavy atom. The van der Waals surface area contributed by atoms with Gasteiger partial charge < -0.3 is 10.6 Å². The summed E-state index contributed by atoms with van der Waals surface area (Å²) in [6.07, 6.45) is 5.32. The summed E-state index contributed by atoms with van der Waals surface area (Å²) in [6.45, 7) is 6.74. The molecule has 2 N–H and O–H groups in total. The lowest BCUT2D eigenvalue weighted by atomic mass is 9.96. The largest absolute Gasteiger partial charge is 0.357 e. The van der Waals surface area contributed by atoms with Crippen LogP contribution in [0.4, 0.5) is 0 Å². The highest BCUT2D eigenvalue weighted by Crippen LogP contribution is 2.48. The van der Waals surface area contributed by atoms with Gasteiger partial charge in [-0.1, -0.05) is 35.0 Å². The van der Waals surface area contributed by atoms with Gasteiger partial charge in [-0.3, -0.25) is 4.99 Å². The smallest absolute Gasteiger partial charge is 0.191 e. The minimum atomic E-state index is 0.202. The van der Waals surface area contributed by atoms with Gasteiger partial charge in [0.25, 0.3) is 0 Å². The third kappa shape index (κ3) is 4.24. The lowest BCUT2D eigenvalue weighted by Crippen LogP contribution is -2.47. The number of aromatic nitrogens is 3. The van der Waals surface area contributed by atoms with Gasteiger partial charge in [-0.2, -0.15) is 5.10 Å². The number of halogens is 1. The molecule has 2 aliphatic rings. The maximum absolute atomic E-state index is 4.96. The molecule has 1 saturated carbocycles. The number of hydrogen-bond acceptors (Lipinski definition) is 3. The second kappa shape index (κ2) is 8.23.